The number of nitriles is 1. The molecular weight excluding hydrogens is 231 g/mol. The number of anilines is 1. The van der Waals surface area contributed by atoms with Gasteiger partial charge >= 0.3 is 0 Å². The molecular formula is C11H12Cl2N2. The van der Waals surface area contributed by atoms with Gasteiger partial charge in [-0.1, -0.05) is 12.1 Å². The van der Waals surface area contributed by atoms with Crippen LogP contribution in [-0.2, 0) is 0 Å². The van der Waals surface area contributed by atoms with Crippen molar-refractivity contribution in [1.29, 1.82) is 5.26 Å². The lowest BCUT2D eigenvalue weighted by atomic mass is 10.2. The fourth-order valence-corrected chi connectivity index (χ4v) is 1.81. The first-order valence-corrected chi connectivity index (χ1v) is 5.76. The third kappa shape index (κ3) is 3.30. The number of halogens is 2. The van der Waals surface area contributed by atoms with Gasteiger partial charge < -0.3 is 4.90 Å². The fourth-order valence-electron chi connectivity index (χ4n) is 1.40. The second-order valence-corrected chi connectivity index (χ2v) is 3.75. The topological polar surface area (TPSA) is 27.0 Å². The zero-order valence-electron chi connectivity index (χ0n) is 8.29. The molecule has 1 aromatic carbocycles. The molecule has 0 aliphatic carbocycles. The van der Waals surface area contributed by atoms with E-state index in [0.717, 1.165) is 5.69 Å². The Morgan fingerprint density at radius 2 is 1.73 bits per heavy atom. The van der Waals surface area contributed by atoms with Crippen molar-refractivity contribution in [2.45, 2.75) is 0 Å². The van der Waals surface area contributed by atoms with E-state index >= 15 is 0 Å². The van der Waals surface area contributed by atoms with E-state index in [1.807, 2.05) is 23.1 Å². The van der Waals surface area contributed by atoms with Crippen LogP contribution < -0.4 is 4.90 Å². The molecule has 0 spiro atoms. The third-order valence-electron chi connectivity index (χ3n) is 2.07. The summed E-state index contributed by atoms with van der Waals surface area (Å²) in [7, 11) is 0. The van der Waals surface area contributed by atoms with Crippen molar-refractivity contribution in [2.24, 2.45) is 0 Å². The van der Waals surface area contributed by atoms with E-state index in [2.05, 4.69) is 6.07 Å². The average molecular weight is 243 g/mol. The molecule has 0 N–H and O–H groups in total. The Morgan fingerprint density at radius 3 is 2.27 bits per heavy atom. The van der Waals surface area contributed by atoms with Crippen LogP contribution in [0.5, 0.6) is 0 Å². The number of hydrogen-bond donors (Lipinski definition) is 0. The van der Waals surface area contributed by atoms with E-state index in [1.165, 1.54) is 0 Å². The minimum absolute atomic E-state index is 0.524. The molecule has 1 rings (SSSR count). The maximum atomic E-state index is 8.96. The van der Waals surface area contributed by atoms with Crippen LogP contribution in [0.2, 0.25) is 0 Å². The molecule has 0 saturated carbocycles. The van der Waals surface area contributed by atoms with Crippen molar-refractivity contribution < 1.29 is 0 Å². The van der Waals surface area contributed by atoms with Gasteiger partial charge in [0, 0.05) is 24.8 Å². The Bertz CT molecular complexity index is 341. The number of alkyl halides is 2. The van der Waals surface area contributed by atoms with E-state index in [9.17, 15) is 0 Å². The molecule has 0 aromatic heterocycles. The van der Waals surface area contributed by atoms with E-state index in [1.54, 1.807) is 6.07 Å². The zero-order chi connectivity index (χ0) is 11.1. The summed E-state index contributed by atoms with van der Waals surface area (Å²) >= 11 is 11.4. The molecule has 0 aliphatic heterocycles. The SMILES string of the molecule is N#Cc1ccccc1N(CCCl)CCCl. The molecule has 80 valence electrons. The van der Waals surface area contributed by atoms with Gasteiger partial charge in [-0.05, 0) is 12.1 Å². The Kier molecular flexibility index (Phi) is 5.31. The van der Waals surface area contributed by atoms with Crippen molar-refractivity contribution in [3.05, 3.63) is 29.8 Å². The summed E-state index contributed by atoms with van der Waals surface area (Å²) in [5, 5.41) is 8.96. The maximum absolute atomic E-state index is 8.96. The van der Waals surface area contributed by atoms with Gasteiger partial charge in [0.1, 0.15) is 6.07 Å². The Labute approximate surface area is 100 Å². The summed E-state index contributed by atoms with van der Waals surface area (Å²) in [6, 6.07) is 9.63. The minimum Gasteiger partial charge on any atom is -0.368 e. The first kappa shape index (κ1) is 12.2. The van der Waals surface area contributed by atoms with Gasteiger partial charge in [-0.25, -0.2) is 0 Å². The van der Waals surface area contributed by atoms with Crippen molar-refractivity contribution in [1.82, 2.24) is 0 Å². The van der Waals surface area contributed by atoms with Crippen molar-refractivity contribution in [3.63, 3.8) is 0 Å². The van der Waals surface area contributed by atoms with Crippen molar-refractivity contribution in [3.8, 4) is 6.07 Å². The van der Waals surface area contributed by atoms with Gasteiger partial charge in [0.2, 0.25) is 0 Å². The molecule has 0 amide bonds. The monoisotopic (exact) mass is 242 g/mol. The highest BCUT2D eigenvalue weighted by Crippen LogP contribution is 2.19. The summed E-state index contributed by atoms with van der Waals surface area (Å²) in [5.74, 6) is 1.05. The number of para-hydroxylation sites is 1. The molecule has 2 nitrogen and oxygen atoms in total. The molecule has 0 radical (unpaired) electrons. The molecule has 1 aromatic rings. The van der Waals surface area contributed by atoms with Gasteiger partial charge in [-0.3, -0.25) is 0 Å². The predicted molar refractivity (Wildman–Crippen MR) is 64.8 cm³/mol. The van der Waals surface area contributed by atoms with E-state index in [-0.39, 0.29) is 0 Å². The normalized spacial score (nSPS) is 9.67. The number of benzene rings is 1. The summed E-state index contributed by atoms with van der Waals surface area (Å²) in [6.45, 7) is 1.40. The van der Waals surface area contributed by atoms with Gasteiger partial charge in [0.25, 0.3) is 0 Å². The third-order valence-corrected chi connectivity index (χ3v) is 2.41. The summed E-state index contributed by atoms with van der Waals surface area (Å²) < 4.78 is 0. The second-order valence-electron chi connectivity index (χ2n) is 2.99. The Balaban J connectivity index is 2.94. The highest BCUT2D eigenvalue weighted by Gasteiger charge is 2.09. The Hall–Kier alpha value is -0.910. The summed E-state index contributed by atoms with van der Waals surface area (Å²) in [4.78, 5) is 2.03. The van der Waals surface area contributed by atoms with Crippen LogP contribution in [0, 0.1) is 11.3 Å². The van der Waals surface area contributed by atoms with Crippen molar-refractivity contribution >= 4 is 28.9 Å². The number of rotatable bonds is 5. The maximum Gasteiger partial charge on any atom is 0.101 e. The van der Waals surface area contributed by atoms with Crippen molar-refractivity contribution in [2.75, 3.05) is 29.7 Å². The highest BCUT2D eigenvalue weighted by atomic mass is 35.5. The van der Waals surface area contributed by atoms with Crippen LogP contribution in [0.15, 0.2) is 24.3 Å². The molecule has 0 bridgehead atoms. The number of nitrogens with zero attached hydrogens (tertiary/aromatic N) is 2. The first-order chi connectivity index (χ1) is 7.33. The lowest BCUT2D eigenvalue weighted by molar-refractivity contribution is 0.872. The summed E-state index contributed by atoms with van der Waals surface area (Å²) in [5.41, 5.74) is 1.56. The largest absolute Gasteiger partial charge is 0.368 e. The van der Waals surface area contributed by atoms with E-state index in [4.69, 9.17) is 28.5 Å². The predicted octanol–water partition coefficient (Wildman–Crippen LogP) is 2.84. The van der Waals surface area contributed by atoms with Crippen LogP contribution in [-0.4, -0.2) is 24.8 Å². The first-order valence-electron chi connectivity index (χ1n) is 4.69. The lowest BCUT2D eigenvalue weighted by Gasteiger charge is -2.23. The van der Waals surface area contributed by atoms with Crippen LogP contribution >= 0.6 is 23.2 Å². The highest BCUT2D eigenvalue weighted by molar-refractivity contribution is 6.18. The fraction of sp³-hybridized carbons (Fsp3) is 0.364. The van der Waals surface area contributed by atoms with Crippen LogP contribution in [0.1, 0.15) is 5.56 Å². The lowest BCUT2D eigenvalue weighted by Crippen LogP contribution is -2.28. The second kappa shape index (κ2) is 6.55. The van der Waals surface area contributed by atoms with Crippen LogP contribution in [0.4, 0.5) is 5.69 Å². The number of hydrogen-bond acceptors (Lipinski definition) is 2. The summed E-state index contributed by atoms with van der Waals surface area (Å²) in [6.07, 6.45) is 0. The van der Waals surface area contributed by atoms with E-state index in [0.29, 0.717) is 30.4 Å². The minimum atomic E-state index is 0.524. The molecule has 0 heterocycles. The Morgan fingerprint density at radius 1 is 1.13 bits per heavy atom. The quantitative estimate of drug-likeness (QED) is 0.743. The van der Waals surface area contributed by atoms with Crippen LogP contribution in [0.25, 0.3) is 0 Å². The standard InChI is InChI=1S/C11H12Cl2N2/c12-5-7-15(8-6-13)11-4-2-1-3-10(11)9-14/h1-4H,5-8H2. The van der Waals surface area contributed by atoms with Gasteiger partial charge in [-0.2, -0.15) is 5.26 Å². The molecule has 0 saturated heterocycles. The zero-order valence-corrected chi connectivity index (χ0v) is 9.80. The molecule has 0 fully saturated rings. The van der Waals surface area contributed by atoms with Gasteiger partial charge in [0.05, 0.1) is 11.3 Å². The average Bonchev–Trinajstić information content (AvgIpc) is 2.29. The molecule has 0 aliphatic rings. The molecule has 15 heavy (non-hydrogen) atoms. The molecule has 4 heteroatoms. The van der Waals surface area contributed by atoms with E-state index < -0.39 is 0 Å². The molecule has 0 unspecified atom stereocenters. The van der Waals surface area contributed by atoms with Crippen LogP contribution in [0.3, 0.4) is 0 Å². The molecule has 0 atom stereocenters. The smallest absolute Gasteiger partial charge is 0.101 e. The van der Waals surface area contributed by atoms with Gasteiger partial charge in [0.15, 0.2) is 0 Å². The van der Waals surface area contributed by atoms with Gasteiger partial charge in [-0.15, -0.1) is 23.2 Å².